The highest BCUT2D eigenvalue weighted by atomic mass is 31.1. The molecule has 0 radical (unpaired) electrons. The monoisotopic (exact) mass is 374 g/mol. The number of hydrogen-bond acceptors (Lipinski definition) is 0. The van der Waals surface area contributed by atoms with Crippen molar-refractivity contribution in [1.29, 1.82) is 0 Å². The second-order valence-electron chi connectivity index (χ2n) is 9.63. The molecule has 0 spiro atoms. The van der Waals surface area contributed by atoms with Crippen LogP contribution in [0, 0.1) is 23.7 Å². The molecule has 3 aliphatic rings. The first-order chi connectivity index (χ1) is 11.9. The highest BCUT2D eigenvalue weighted by Gasteiger charge is 2.51. The summed E-state index contributed by atoms with van der Waals surface area (Å²) in [6, 6.07) is 9.81. The maximum Gasteiger partial charge on any atom is -0.0137 e. The maximum atomic E-state index is 2.57. The topological polar surface area (TPSA) is 0 Å². The minimum Gasteiger partial charge on any atom is -0.0680 e. The number of benzene rings is 1. The van der Waals surface area contributed by atoms with Crippen LogP contribution >= 0.6 is 15.8 Å². The predicted molar refractivity (Wildman–Crippen MR) is 117 cm³/mol. The molecule has 8 atom stereocenters. The molecule has 0 amide bonds. The average Bonchev–Trinajstić information content (AvgIpc) is 3.17. The van der Waals surface area contributed by atoms with E-state index in [1.165, 1.54) is 19.3 Å². The van der Waals surface area contributed by atoms with Crippen molar-refractivity contribution < 1.29 is 0 Å². The van der Waals surface area contributed by atoms with Gasteiger partial charge in [-0.2, -0.15) is 0 Å². The van der Waals surface area contributed by atoms with Crippen LogP contribution < -0.4 is 10.6 Å². The number of hydrogen-bond donors (Lipinski definition) is 0. The van der Waals surface area contributed by atoms with Gasteiger partial charge in [0.15, 0.2) is 0 Å². The quantitative estimate of drug-likeness (QED) is 0.555. The van der Waals surface area contributed by atoms with E-state index in [0.29, 0.717) is 0 Å². The Bertz CT molecular complexity index is 608. The van der Waals surface area contributed by atoms with Crippen LogP contribution in [0.4, 0.5) is 0 Å². The lowest BCUT2D eigenvalue weighted by molar-refractivity contribution is 0.365. The Morgan fingerprint density at radius 1 is 0.760 bits per heavy atom. The van der Waals surface area contributed by atoms with Gasteiger partial charge in [0.2, 0.25) is 0 Å². The Kier molecular flexibility index (Phi) is 5.10. The van der Waals surface area contributed by atoms with Crippen molar-refractivity contribution in [2.45, 2.75) is 83.4 Å². The second-order valence-corrected chi connectivity index (χ2v) is 15.0. The van der Waals surface area contributed by atoms with E-state index in [4.69, 9.17) is 0 Å². The van der Waals surface area contributed by atoms with Crippen LogP contribution in [0.2, 0.25) is 0 Å². The molecule has 3 aliphatic heterocycles. The molecule has 0 aromatic heterocycles. The van der Waals surface area contributed by atoms with Crippen LogP contribution in [-0.2, 0) is 0 Å². The van der Waals surface area contributed by atoms with Crippen LogP contribution in [0.15, 0.2) is 24.3 Å². The summed E-state index contributed by atoms with van der Waals surface area (Å²) in [5, 5.41) is 3.68. The molecule has 3 heterocycles. The van der Waals surface area contributed by atoms with Crippen molar-refractivity contribution in [2.24, 2.45) is 23.7 Å². The molecule has 0 N–H and O–H groups in total. The third-order valence-corrected chi connectivity index (χ3v) is 15.5. The van der Waals surface area contributed by atoms with Gasteiger partial charge < -0.3 is 0 Å². The van der Waals surface area contributed by atoms with E-state index in [-0.39, 0.29) is 15.8 Å². The van der Waals surface area contributed by atoms with Crippen LogP contribution in [0.25, 0.3) is 0 Å². The van der Waals surface area contributed by atoms with Gasteiger partial charge in [0.05, 0.1) is 0 Å². The van der Waals surface area contributed by atoms with E-state index in [1.807, 2.05) is 10.6 Å². The molecule has 25 heavy (non-hydrogen) atoms. The van der Waals surface area contributed by atoms with Gasteiger partial charge in [-0.1, -0.05) is 81.7 Å². The third-order valence-electron chi connectivity index (χ3n) is 7.70. The molecule has 1 aromatic carbocycles. The van der Waals surface area contributed by atoms with E-state index >= 15 is 0 Å². The largest absolute Gasteiger partial charge is 0.0680 e. The van der Waals surface area contributed by atoms with Crippen LogP contribution in [0.3, 0.4) is 0 Å². The summed E-state index contributed by atoms with van der Waals surface area (Å²) in [7, 11) is 0.0742. The highest BCUT2D eigenvalue weighted by molar-refractivity contribution is 7.73. The van der Waals surface area contributed by atoms with Crippen molar-refractivity contribution >= 4 is 26.5 Å². The van der Waals surface area contributed by atoms with Gasteiger partial charge in [-0.25, -0.2) is 0 Å². The van der Waals surface area contributed by atoms with Crippen molar-refractivity contribution in [3.63, 3.8) is 0 Å². The molecule has 2 bridgehead atoms. The fourth-order valence-electron chi connectivity index (χ4n) is 6.08. The van der Waals surface area contributed by atoms with Gasteiger partial charge >= 0.3 is 0 Å². The summed E-state index contributed by atoms with van der Waals surface area (Å²) in [6.07, 6.45) is 4.46. The standard InChI is InChI=1S/C23H36P2/c1-14(2)21-11-15(3)18(6)24(21)19-9-7-8-10-20(19)25-22-13-17(5)23(25)12-16(22)4/h7-10,14-18,21-23H,11-13H2,1-6H3/t15-,16-,17-,18?,21?,22?,23?,24?,25?/m0/s1. The fraction of sp³-hybridized carbons (Fsp3) is 0.739. The third kappa shape index (κ3) is 2.95. The van der Waals surface area contributed by atoms with Gasteiger partial charge in [0, 0.05) is 0 Å². The lowest BCUT2D eigenvalue weighted by Gasteiger charge is -2.32. The van der Waals surface area contributed by atoms with Gasteiger partial charge in [-0.3, -0.25) is 0 Å². The van der Waals surface area contributed by atoms with E-state index in [1.54, 1.807) is 0 Å². The van der Waals surface area contributed by atoms with Gasteiger partial charge in [0.25, 0.3) is 0 Å². The molecule has 3 fully saturated rings. The Balaban J connectivity index is 1.75. The first-order valence-corrected chi connectivity index (χ1v) is 13.5. The zero-order valence-electron chi connectivity index (χ0n) is 16.9. The van der Waals surface area contributed by atoms with Crippen molar-refractivity contribution in [2.75, 3.05) is 0 Å². The minimum atomic E-state index is -0.00324. The Labute approximate surface area is 158 Å². The fourth-order valence-corrected chi connectivity index (χ4v) is 14.9. The number of fused-ring (bicyclic) bond motifs is 2. The second kappa shape index (κ2) is 6.91. The van der Waals surface area contributed by atoms with E-state index < -0.39 is 0 Å². The molecule has 0 aliphatic carbocycles. The molecular formula is C23H36P2. The molecule has 1 aromatic rings. The lowest BCUT2D eigenvalue weighted by atomic mass is 9.84. The molecule has 0 nitrogen and oxygen atoms in total. The molecular weight excluding hydrogens is 338 g/mol. The molecule has 0 saturated carbocycles. The van der Waals surface area contributed by atoms with Crippen LogP contribution in [0.1, 0.15) is 60.8 Å². The van der Waals surface area contributed by atoms with E-state index in [2.05, 4.69) is 65.8 Å². The van der Waals surface area contributed by atoms with E-state index in [0.717, 1.165) is 46.3 Å². The zero-order valence-corrected chi connectivity index (χ0v) is 18.7. The van der Waals surface area contributed by atoms with Gasteiger partial charge in [0.1, 0.15) is 0 Å². The Hall–Kier alpha value is 0.0800. The maximum absolute atomic E-state index is 2.57. The smallest absolute Gasteiger partial charge is 0.0137 e. The molecule has 5 unspecified atom stereocenters. The van der Waals surface area contributed by atoms with E-state index in [9.17, 15) is 0 Å². The molecule has 138 valence electrons. The zero-order chi connectivity index (χ0) is 17.9. The normalized spacial score (nSPS) is 46.3. The minimum absolute atomic E-state index is 0.00324. The first kappa shape index (κ1) is 18.4. The predicted octanol–water partition coefficient (Wildman–Crippen LogP) is 6.17. The molecule has 3 saturated heterocycles. The summed E-state index contributed by atoms with van der Waals surface area (Å²) >= 11 is 0. The summed E-state index contributed by atoms with van der Waals surface area (Å²) in [5.41, 5.74) is 3.86. The average molecular weight is 374 g/mol. The summed E-state index contributed by atoms with van der Waals surface area (Å²) in [4.78, 5) is 0. The van der Waals surface area contributed by atoms with Crippen molar-refractivity contribution in [3.8, 4) is 0 Å². The number of rotatable bonds is 3. The Morgan fingerprint density at radius 2 is 1.28 bits per heavy atom. The molecule has 4 rings (SSSR count). The van der Waals surface area contributed by atoms with Crippen LogP contribution in [-0.4, -0.2) is 22.6 Å². The summed E-state index contributed by atoms with van der Waals surface area (Å²) in [6.45, 7) is 15.1. The Morgan fingerprint density at radius 3 is 1.80 bits per heavy atom. The van der Waals surface area contributed by atoms with Gasteiger partial charge in [-0.05, 0) is 76.2 Å². The van der Waals surface area contributed by atoms with Gasteiger partial charge in [-0.15, -0.1) is 0 Å². The first-order valence-electron chi connectivity index (χ1n) is 10.6. The summed E-state index contributed by atoms with van der Waals surface area (Å²) < 4.78 is 0. The lowest BCUT2D eigenvalue weighted by Crippen LogP contribution is -2.30. The van der Waals surface area contributed by atoms with Crippen molar-refractivity contribution in [3.05, 3.63) is 24.3 Å². The molecule has 2 heteroatoms. The van der Waals surface area contributed by atoms with Crippen LogP contribution in [0.5, 0.6) is 0 Å². The highest BCUT2D eigenvalue weighted by Crippen LogP contribution is 2.68. The summed E-state index contributed by atoms with van der Waals surface area (Å²) in [5.74, 6) is 3.66. The van der Waals surface area contributed by atoms with Crippen molar-refractivity contribution in [1.82, 2.24) is 0 Å². The SMILES string of the molecule is CC(C)C1C[C@H](C)C(C)P1c1ccccc1P1C2C[C@H](C)C1C[C@@H]2C.